The molecule has 0 fully saturated rings. The molecule has 0 radical (unpaired) electrons. The van der Waals surface area contributed by atoms with Crippen molar-refractivity contribution in [1.82, 2.24) is 10.3 Å². The van der Waals surface area contributed by atoms with Crippen LogP contribution in [0.15, 0.2) is 42.5 Å². The molecule has 94 valence electrons. The van der Waals surface area contributed by atoms with Crippen molar-refractivity contribution in [2.45, 2.75) is 20.0 Å². The standard InChI is InChI=1S/C15H18N2O/c1-12-6-8-13(9-7-12)10-16-11-14-4-3-5-15(17-14)18-2/h3-9,16H,10-11H2,1-2H3. The Morgan fingerprint density at radius 2 is 1.83 bits per heavy atom. The zero-order valence-corrected chi connectivity index (χ0v) is 10.8. The number of ether oxygens (including phenoxy) is 1. The lowest BCUT2D eigenvalue weighted by Gasteiger charge is -2.06. The van der Waals surface area contributed by atoms with Gasteiger partial charge in [-0.25, -0.2) is 4.98 Å². The number of aryl methyl sites for hydroxylation is 1. The molecule has 0 spiro atoms. The first-order valence-corrected chi connectivity index (χ1v) is 6.04. The van der Waals surface area contributed by atoms with E-state index in [1.165, 1.54) is 11.1 Å². The van der Waals surface area contributed by atoms with Crippen molar-refractivity contribution in [3.05, 3.63) is 59.3 Å². The van der Waals surface area contributed by atoms with Crippen LogP contribution in [-0.4, -0.2) is 12.1 Å². The van der Waals surface area contributed by atoms with Crippen LogP contribution in [0.5, 0.6) is 5.88 Å². The smallest absolute Gasteiger partial charge is 0.213 e. The van der Waals surface area contributed by atoms with Crippen molar-refractivity contribution in [3.8, 4) is 5.88 Å². The Morgan fingerprint density at radius 1 is 1.06 bits per heavy atom. The van der Waals surface area contributed by atoms with E-state index in [2.05, 4.69) is 41.5 Å². The van der Waals surface area contributed by atoms with E-state index >= 15 is 0 Å². The Balaban J connectivity index is 1.86. The highest BCUT2D eigenvalue weighted by Crippen LogP contribution is 2.07. The summed E-state index contributed by atoms with van der Waals surface area (Å²) in [6, 6.07) is 14.3. The van der Waals surface area contributed by atoms with E-state index in [0.717, 1.165) is 18.8 Å². The lowest BCUT2D eigenvalue weighted by Crippen LogP contribution is -2.13. The fourth-order valence-corrected chi connectivity index (χ4v) is 1.71. The molecule has 0 aliphatic heterocycles. The highest BCUT2D eigenvalue weighted by atomic mass is 16.5. The minimum Gasteiger partial charge on any atom is -0.481 e. The van der Waals surface area contributed by atoms with Gasteiger partial charge in [0.15, 0.2) is 0 Å². The van der Waals surface area contributed by atoms with Crippen molar-refractivity contribution < 1.29 is 4.74 Å². The predicted octanol–water partition coefficient (Wildman–Crippen LogP) is 2.69. The molecule has 2 rings (SSSR count). The molecule has 1 aromatic carbocycles. The van der Waals surface area contributed by atoms with Gasteiger partial charge >= 0.3 is 0 Å². The van der Waals surface area contributed by atoms with E-state index in [0.29, 0.717) is 5.88 Å². The van der Waals surface area contributed by atoms with E-state index in [-0.39, 0.29) is 0 Å². The van der Waals surface area contributed by atoms with Crippen LogP contribution in [0, 0.1) is 6.92 Å². The number of pyridine rings is 1. The Labute approximate surface area is 108 Å². The largest absolute Gasteiger partial charge is 0.481 e. The van der Waals surface area contributed by atoms with Crippen LogP contribution in [0.1, 0.15) is 16.8 Å². The lowest BCUT2D eigenvalue weighted by atomic mass is 10.1. The SMILES string of the molecule is COc1cccc(CNCc2ccc(C)cc2)n1. The monoisotopic (exact) mass is 242 g/mol. The highest BCUT2D eigenvalue weighted by molar-refractivity contribution is 5.21. The molecule has 0 aliphatic carbocycles. The number of nitrogens with zero attached hydrogens (tertiary/aromatic N) is 1. The van der Waals surface area contributed by atoms with Gasteiger partial charge in [0.25, 0.3) is 0 Å². The Bertz CT molecular complexity index is 494. The lowest BCUT2D eigenvalue weighted by molar-refractivity contribution is 0.395. The van der Waals surface area contributed by atoms with E-state index in [1.54, 1.807) is 7.11 Å². The molecule has 0 saturated carbocycles. The first-order valence-electron chi connectivity index (χ1n) is 6.04. The molecule has 3 heteroatoms. The van der Waals surface area contributed by atoms with Crippen molar-refractivity contribution >= 4 is 0 Å². The molecule has 1 aromatic heterocycles. The molecule has 0 atom stereocenters. The van der Waals surface area contributed by atoms with Crippen LogP contribution in [0.2, 0.25) is 0 Å². The number of hydrogen-bond donors (Lipinski definition) is 1. The number of nitrogens with one attached hydrogen (secondary N) is 1. The van der Waals surface area contributed by atoms with Gasteiger partial charge in [0, 0.05) is 19.2 Å². The van der Waals surface area contributed by atoms with E-state index in [4.69, 9.17) is 4.74 Å². The van der Waals surface area contributed by atoms with Crippen LogP contribution in [0.4, 0.5) is 0 Å². The summed E-state index contributed by atoms with van der Waals surface area (Å²) in [5.41, 5.74) is 3.55. The molecule has 0 unspecified atom stereocenters. The second-order valence-corrected chi connectivity index (χ2v) is 4.26. The fourth-order valence-electron chi connectivity index (χ4n) is 1.71. The van der Waals surface area contributed by atoms with E-state index < -0.39 is 0 Å². The van der Waals surface area contributed by atoms with Crippen molar-refractivity contribution in [2.75, 3.05) is 7.11 Å². The quantitative estimate of drug-likeness (QED) is 0.875. The molecule has 0 bridgehead atoms. The van der Waals surface area contributed by atoms with Gasteiger partial charge in [-0.15, -0.1) is 0 Å². The molecule has 0 saturated heterocycles. The van der Waals surface area contributed by atoms with Crippen LogP contribution >= 0.6 is 0 Å². The molecule has 0 aliphatic rings. The van der Waals surface area contributed by atoms with Crippen LogP contribution in [-0.2, 0) is 13.1 Å². The van der Waals surface area contributed by atoms with Gasteiger partial charge < -0.3 is 10.1 Å². The number of aromatic nitrogens is 1. The van der Waals surface area contributed by atoms with Gasteiger partial charge in [-0.2, -0.15) is 0 Å². The predicted molar refractivity (Wildman–Crippen MR) is 72.5 cm³/mol. The second kappa shape index (κ2) is 6.17. The molecule has 18 heavy (non-hydrogen) atoms. The van der Waals surface area contributed by atoms with Gasteiger partial charge in [-0.1, -0.05) is 35.9 Å². The summed E-state index contributed by atoms with van der Waals surface area (Å²) in [5.74, 6) is 0.657. The van der Waals surface area contributed by atoms with Gasteiger partial charge in [0.1, 0.15) is 0 Å². The van der Waals surface area contributed by atoms with Crippen molar-refractivity contribution in [2.24, 2.45) is 0 Å². The zero-order chi connectivity index (χ0) is 12.8. The average molecular weight is 242 g/mol. The van der Waals surface area contributed by atoms with Gasteiger partial charge in [-0.05, 0) is 18.6 Å². The second-order valence-electron chi connectivity index (χ2n) is 4.26. The van der Waals surface area contributed by atoms with Crippen molar-refractivity contribution in [3.63, 3.8) is 0 Å². The summed E-state index contributed by atoms with van der Waals surface area (Å²) in [7, 11) is 1.63. The van der Waals surface area contributed by atoms with Gasteiger partial charge in [0.05, 0.1) is 12.8 Å². The van der Waals surface area contributed by atoms with Crippen molar-refractivity contribution in [1.29, 1.82) is 0 Å². The summed E-state index contributed by atoms with van der Waals surface area (Å²) in [6.07, 6.45) is 0. The molecular formula is C15H18N2O. The van der Waals surface area contributed by atoms with E-state index in [1.807, 2.05) is 18.2 Å². The first kappa shape index (κ1) is 12.6. The Hall–Kier alpha value is -1.87. The molecule has 1 N–H and O–H groups in total. The maximum absolute atomic E-state index is 5.09. The molecule has 1 heterocycles. The van der Waals surface area contributed by atoms with Crippen LogP contribution < -0.4 is 10.1 Å². The molecular weight excluding hydrogens is 224 g/mol. The third-order valence-corrected chi connectivity index (χ3v) is 2.75. The maximum Gasteiger partial charge on any atom is 0.213 e. The minimum absolute atomic E-state index is 0.657. The summed E-state index contributed by atoms with van der Waals surface area (Å²) >= 11 is 0. The Morgan fingerprint density at radius 3 is 2.56 bits per heavy atom. The van der Waals surface area contributed by atoms with Gasteiger partial charge in [0.2, 0.25) is 5.88 Å². The first-order chi connectivity index (χ1) is 8.78. The number of rotatable bonds is 5. The summed E-state index contributed by atoms with van der Waals surface area (Å²) < 4.78 is 5.09. The zero-order valence-electron chi connectivity index (χ0n) is 10.8. The fraction of sp³-hybridized carbons (Fsp3) is 0.267. The number of hydrogen-bond acceptors (Lipinski definition) is 3. The third kappa shape index (κ3) is 3.57. The minimum atomic E-state index is 0.657. The normalized spacial score (nSPS) is 10.3. The molecule has 2 aromatic rings. The molecule has 3 nitrogen and oxygen atoms in total. The average Bonchev–Trinajstić information content (AvgIpc) is 2.41. The topological polar surface area (TPSA) is 34.1 Å². The molecule has 0 amide bonds. The van der Waals surface area contributed by atoms with Crippen LogP contribution in [0.3, 0.4) is 0 Å². The number of benzene rings is 1. The maximum atomic E-state index is 5.09. The van der Waals surface area contributed by atoms with E-state index in [9.17, 15) is 0 Å². The highest BCUT2D eigenvalue weighted by Gasteiger charge is 1.97. The van der Waals surface area contributed by atoms with Gasteiger partial charge in [-0.3, -0.25) is 0 Å². The Kier molecular flexibility index (Phi) is 4.31. The van der Waals surface area contributed by atoms with Crippen LogP contribution in [0.25, 0.3) is 0 Å². The third-order valence-electron chi connectivity index (χ3n) is 2.75. The summed E-state index contributed by atoms with van der Waals surface area (Å²) in [6.45, 7) is 3.68. The summed E-state index contributed by atoms with van der Waals surface area (Å²) in [4.78, 5) is 4.35. The number of methoxy groups -OCH3 is 1. The summed E-state index contributed by atoms with van der Waals surface area (Å²) in [5, 5.41) is 3.37.